The van der Waals surface area contributed by atoms with Crippen LogP contribution in [0.15, 0.2) is 29.6 Å². The van der Waals surface area contributed by atoms with Crippen LogP contribution in [0.1, 0.15) is 42.2 Å². The minimum atomic E-state index is 0.0288. The molecule has 1 aromatic heterocycles. The summed E-state index contributed by atoms with van der Waals surface area (Å²) in [6.45, 7) is 9.34. The van der Waals surface area contributed by atoms with Crippen LogP contribution in [0, 0.1) is 5.92 Å². The highest BCUT2D eigenvalue weighted by molar-refractivity contribution is 7.09. The third-order valence-corrected chi connectivity index (χ3v) is 6.93. The van der Waals surface area contributed by atoms with Crippen LogP contribution >= 0.6 is 22.9 Å². The van der Waals surface area contributed by atoms with Gasteiger partial charge in [0.2, 0.25) is 0 Å². The van der Waals surface area contributed by atoms with Gasteiger partial charge in [0.25, 0.3) is 5.91 Å². The average Bonchev–Trinajstić information content (AvgIpc) is 3.22. The molecule has 2 aliphatic heterocycles. The fourth-order valence-electron chi connectivity index (χ4n) is 4.43. The highest BCUT2D eigenvalue weighted by Crippen LogP contribution is 2.23. The fourth-order valence-corrected chi connectivity index (χ4v) is 5.24. The second kappa shape index (κ2) is 10.3. The van der Waals surface area contributed by atoms with Gasteiger partial charge in [0, 0.05) is 43.1 Å². The minimum Gasteiger partial charge on any atom is -0.486 e. The van der Waals surface area contributed by atoms with Gasteiger partial charge in [0.05, 0.1) is 12.2 Å². The number of amides is 1. The summed E-state index contributed by atoms with van der Waals surface area (Å²) in [5.41, 5.74) is 0.522. The van der Waals surface area contributed by atoms with Gasteiger partial charge in [-0.15, -0.1) is 11.3 Å². The molecule has 6 nitrogen and oxygen atoms in total. The van der Waals surface area contributed by atoms with E-state index >= 15 is 0 Å². The molecule has 168 valence electrons. The first-order valence-corrected chi connectivity index (χ1v) is 12.2. The van der Waals surface area contributed by atoms with Crippen LogP contribution in [-0.4, -0.2) is 65.6 Å². The van der Waals surface area contributed by atoms with Crippen molar-refractivity contribution in [3.63, 3.8) is 0 Å². The number of nitrogens with zero attached hydrogens (tertiary/aromatic N) is 3. The molecule has 2 aromatic rings. The van der Waals surface area contributed by atoms with E-state index in [1.807, 2.05) is 22.4 Å². The van der Waals surface area contributed by atoms with Crippen molar-refractivity contribution < 1.29 is 14.3 Å². The first kappa shape index (κ1) is 22.5. The van der Waals surface area contributed by atoms with Crippen LogP contribution in [-0.2, 0) is 11.3 Å². The third-order valence-electron chi connectivity index (χ3n) is 5.86. The molecule has 1 aromatic carbocycles. The number of ether oxygens (including phenoxy) is 2. The predicted molar refractivity (Wildman–Crippen MR) is 123 cm³/mol. The predicted octanol–water partition coefficient (Wildman–Crippen LogP) is 4.34. The van der Waals surface area contributed by atoms with E-state index in [2.05, 4.69) is 23.7 Å². The Hall–Kier alpha value is -1.67. The van der Waals surface area contributed by atoms with Gasteiger partial charge in [0.1, 0.15) is 23.1 Å². The lowest BCUT2D eigenvalue weighted by Gasteiger charge is -2.39. The maximum atomic E-state index is 12.9. The summed E-state index contributed by atoms with van der Waals surface area (Å²) in [6, 6.07) is 7.23. The Kier molecular flexibility index (Phi) is 7.48. The number of rotatable bonds is 6. The van der Waals surface area contributed by atoms with Crippen molar-refractivity contribution in [1.29, 1.82) is 0 Å². The molecular weight excluding hydrogens is 434 g/mol. The number of morpholine rings is 1. The summed E-state index contributed by atoms with van der Waals surface area (Å²) in [5, 5.41) is 3.31. The Morgan fingerprint density at radius 1 is 1.19 bits per heavy atom. The lowest BCUT2D eigenvalue weighted by atomic mass is 9.95. The zero-order valence-corrected chi connectivity index (χ0v) is 19.7. The fraction of sp³-hybridized carbons (Fsp3) is 0.565. The van der Waals surface area contributed by atoms with Crippen LogP contribution in [0.3, 0.4) is 0 Å². The topological polar surface area (TPSA) is 54.9 Å². The van der Waals surface area contributed by atoms with E-state index in [-0.39, 0.29) is 5.91 Å². The summed E-state index contributed by atoms with van der Waals surface area (Å²) in [5.74, 6) is 1.40. The van der Waals surface area contributed by atoms with Gasteiger partial charge in [-0.1, -0.05) is 11.6 Å². The zero-order chi connectivity index (χ0) is 21.8. The van der Waals surface area contributed by atoms with Crippen LogP contribution in [0.5, 0.6) is 5.75 Å². The van der Waals surface area contributed by atoms with E-state index in [0.29, 0.717) is 35.4 Å². The Morgan fingerprint density at radius 2 is 1.87 bits per heavy atom. The molecule has 0 saturated carbocycles. The molecule has 2 fully saturated rings. The molecule has 2 unspecified atom stereocenters. The summed E-state index contributed by atoms with van der Waals surface area (Å²) >= 11 is 7.35. The smallest absolute Gasteiger partial charge is 0.273 e. The average molecular weight is 464 g/mol. The van der Waals surface area contributed by atoms with E-state index in [4.69, 9.17) is 21.1 Å². The van der Waals surface area contributed by atoms with Gasteiger partial charge in [0.15, 0.2) is 0 Å². The van der Waals surface area contributed by atoms with E-state index in [1.165, 1.54) is 11.3 Å². The van der Waals surface area contributed by atoms with Crippen LogP contribution in [0.25, 0.3) is 0 Å². The van der Waals surface area contributed by atoms with Crippen molar-refractivity contribution in [1.82, 2.24) is 14.8 Å². The third kappa shape index (κ3) is 6.19. The van der Waals surface area contributed by atoms with Gasteiger partial charge in [-0.2, -0.15) is 0 Å². The van der Waals surface area contributed by atoms with Gasteiger partial charge < -0.3 is 14.4 Å². The second-order valence-corrected chi connectivity index (χ2v) is 9.96. The molecule has 2 saturated heterocycles. The molecule has 0 radical (unpaired) electrons. The number of thiazole rings is 1. The molecule has 0 spiro atoms. The Balaban J connectivity index is 1.24. The normalized spacial score (nSPS) is 23.1. The standard InChI is InChI=1S/C23H30ClN3O3S/c1-16-11-26(12-17(2)30-16)13-18-7-9-27(10-8-18)23(28)21-15-31-22(25-21)14-29-20-5-3-19(24)4-6-20/h3-6,15-18H,7-14H2,1-2H3. The number of hydrogen-bond donors (Lipinski definition) is 0. The number of piperidine rings is 1. The zero-order valence-electron chi connectivity index (χ0n) is 18.1. The van der Waals surface area contributed by atoms with Gasteiger partial charge >= 0.3 is 0 Å². The number of carbonyl (C=O) groups is 1. The molecule has 3 heterocycles. The van der Waals surface area contributed by atoms with Gasteiger partial charge in [-0.3, -0.25) is 9.69 Å². The molecule has 31 heavy (non-hydrogen) atoms. The second-order valence-electron chi connectivity index (χ2n) is 8.58. The van der Waals surface area contributed by atoms with Crippen molar-refractivity contribution in [3.05, 3.63) is 45.4 Å². The Morgan fingerprint density at radius 3 is 2.55 bits per heavy atom. The maximum absolute atomic E-state index is 12.9. The highest BCUT2D eigenvalue weighted by atomic mass is 35.5. The molecule has 8 heteroatoms. The highest BCUT2D eigenvalue weighted by Gasteiger charge is 2.29. The SMILES string of the molecule is CC1CN(CC2CCN(C(=O)c3csc(COc4ccc(Cl)cc4)n3)CC2)CC(C)O1. The molecule has 0 bridgehead atoms. The van der Waals surface area contributed by atoms with E-state index < -0.39 is 0 Å². The Labute approximate surface area is 193 Å². The van der Waals surface area contributed by atoms with Crippen molar-refractivity contribution in [2.24, 2.45) is 5.92 Å². The van der Waals surface area contributed by atoms with Crippen molar-refractivity contribution in [2.75, 3.05) is 32.7 Å². The van der Waals surface area contributed by atoms with Gasteiger partial charge in [-0.25, -0.2) is 4.98 Å². The lowest BCUT2D eigenvalue weighted by Crippen LogP contribution is -2.48. The van der Waals surface area contributed by atoms with Crippen molar-refractivity contribution in [2.45, 2.75) is 45.5 Å². The van der Waals surface area contributed by atoms with E-state index in [9.17, 15) is 4.79 Å². The number of halogens is 1. The monoisotopic (exact) mass is 463 g/mol. The number of carbonyl (C=O) groups excluding carboxylic acids is 1. The van der Waals surface area contributed by atoms with E-state index in [1.54, 1.807) is 12.1 Å². The summed E-state index contributed by atoms with van der Waals surface area (Å²) in [4.78, 5) is 21.9. The van der Waals surface area contributed by atoms with Gasteiger partial charge in [-0.05, 0) is 56.9 Å². The molecular formula is C23H30ClN3O3S. The number of benzene rings is 1. The quantitative estimate of drug-likeness (QED) is 0.638. The summed E-state index contributed by atoms with van der Waals surface area (Å²) in [7, 11) is 0. The van der Waals surface area contributed by atoms with Crippen LogP contribution in [0.2, 0.25) is 5.02 Å². The summed E-state index contributed by atoms with van der Waals surface area (Å²) in [6.07, 6.45) is 2.69. The molecule has 0 N–H and O–H groups in total. The van der Waals surface area contributed by atoms with E-state index in [0.717, 1.165) is 56.3 Å². The van der Waals surface area contributed by atoms with Crippen molar-refractivity contribution >= 4 is 28.8 Å². The molecule has 2 atom stereocenters. The molecule has 0 aliphatic carbocycles. The number of aromatic nitrogens is 1. The Bertz CT molecular complexity index is 857. The number of hydrogen-bond acceptors (Lipinski definition) is 6. The molecule has 1 amide bonds. The maximum Gasteiger partial charge on any atom is 0.273 e. The van der Waals surface area contributed by atoms with Crippen LogP contribution < -0.4 is 4.74 Å². The number of likely N-dealkylation sites (tertiary alicyclic amines) is 1. The first-order chi connectivity index (χ1) is 15.0. The largest absolute Gasteiger partial charge is 0.486 e. The lowest BCUT2D eigenvalue weighted by molar-refractivity contribution is -0.0728. The summed E-state index contributed by atoms with van der Waals surface area (Å²) < 4.78 is 11.6. The minimum absolute atomic E-state index is 0.0288. The van der Waals surface area contributed by atoms with Crippen molar-refractivity contribution in [3.8, 4) is 5.75 Å². The van der Waals surface area contributed by atoms with Crippen LogP contribution in [0.4, 0.5) is 0 Å². The first-order valence-electron chi connectivity index (χ1n) is 11.0. The molecule has 4 rings (SSSR count). The molecule has 2 aliphatic rings.